The Morgan fingerprint density at radius 1 is 1.21 bits per heavy atom. The molecule has 0 heterocycles. The third-order valence-electron chi connectivity index (χ3n) is 3.34. The minimum Gasteiger partial charge on any atom is -0.344 e. The van der Waals surface area contributed by atoms with Crippen LogP contribution in [0.4, 0.5) is 8.78 Å². The minimum atomic E-state index is -0.751. The van der Waals surface area contributed by atoms with Gasteiger partial charge in [0, 0.05) is 10.5 Å². The number of carbonyl (C=O) groups excluding carboxylic acids is 1. The zero-order valence-electron chi connectivity index (χ0n) is 13.3. The monoisotopic (exact) mass is 372 g/mol. The van der Waals surface area contributed by atoms with Crippen molar-refractivity contribution < 1.29 is 13.6 Å². The van der Waals surface area contributed by atoms with Crippen molar-refractivity contribution in [3.63, 3.8) is 0 Å². The lowest BCUT2D eigenvalue weighted by molar-refractivity contribution is -0.120. The van der Waals surface area contributed by atoms with Crippen LogP contribution in [0.5, 0.6) is 0 Å². The van der Waals surface area contributed by atoms with E-state index in [9.17, 15) is 13.6 Å². The van der Waals surface area contributed by atoms with Crippen molar-refractivity contribution in [2.24, 2.45) is 0 Å². The summed E-state index contributed by atoms with van der Waals surface area (Å²) in [7, 11) is 1.64. The standard InChI is InChI=1S/C17H18F2N2OS.ClH/c1-20-10-16(22)21-17(11-4-3-5-13(8-11)23-2)14-9-12(18)6-7-15(14)19;/h3-9,17,20H,10H2,1-2H3,(H,21,22);1H. The molecular weight excluding hydrogens is 354 g/mol. The van der Waals surface area contributed by atoms with Gasteiger partial charge in [0.05, 0.1) is 12.6 Å². The summed E-state index contributed by atoms with van der Waals surface area (Å²) in [4.78, 5) is 12.9. The van der Waals surface area contributed by atoms with Crippen molar-refractivity contribution in [3.05, 3.63) is 65.2 Å². The molecule has 2 aromatic rings. The maximum atomic E-state index is 14.2. The fraction of sp³-hybridized carbons (Fsp3) is 0.235. The van der Waals surface area contributed by atoms with Gasteiger partial charge in [0.1, 0.15) is 11.6 Å². The van der Waals surface area contributed by atoms with E-state index in [0.29, 0.717) is 5.56 Å². The molecule has 0 bridgehead atoms. The van der Waals surface area contributed by atoms with Crippen molar-refractivity contribution in [2.45, 2.75) is 10.9 Å². The summed E-state index contributed by atoms with van der Waals surface area (Å²) in [6, 6.07) is 9.89. The molecule has 0 spiro atoms. The van der Waals surface area contributed by atoms with Crippen LogP contribution in [0, 0.1) is 11.6 Å². The number of benzene rings is 2. The zero-order valence-corrected chi connectivity index (χ0v) is 14.9. The Hall–Kier alpha value is -1.63. The van der Waals surface area contributed by atoms with Crippen LogP contribution < -0.4 is 10.6 Å². The zero-order chi connectivity index (χ0) is 16.8. The summed E-state index contributed by atoms with van der Waals surface area (Å²) in [5.74, 6) is -1.40. The van der Waals surface area contributed by atoms with Gasteiger partial charge in [-0.3, -0.25) is 4.79 Å². The third-order valence-corrected chi connectivity index (χ3v) is 4.06. The summed E-state index contributed by atoms with van der Waals surface area (Å²) >= 11 is 1.54. The number of hydrogen-bond donors (Lipinski definition) is 2. The molecule has 1 atom stereocenters. The summed E-state index contributed by atoms with van der Waals surface area (Å²) in [5, 5.41) is 5.49. The van der Waals surface area contributed by atoms with Crippen LogP contribution in [0.15, 0.2) is 47.4 Å². The van der Waals surface area contributed by atoms with Gasteiger partial charge in [-0.1, -0.05) is 12.1 Å². The average Bonchev–Trinajstić information content (AvgIpc) is 2.55. The number of amides is 1. The average molecular weight is 373 g/mol. The lowest BCUT2D eigenvalue weighted by Gasteiger charge is -2.21. The van der Waals surface area contributed by atoms with E-state index < -0.39 is 17.7 Å². The molecule has 1 unspecified atom stereocenters. The smallest absolute Gasteiger partial charge is 0.234 e. The first-order valence-corrected chi connectivity index (χ1v) is 8.30. The van der Waals surface area contributed by atoms with Gasteiger partial charge >= 0.3 is 0 Å². The molecule has 0 aliphatic heterocycles. The third kappa shape index (κ3) is 5.19. The highest BCUT2D eigenvalue weighted by Crippen LogP contribution is 2.28. The summed E-state index contributed by atoms with van der Waals surface area (Å²) in [6.07, 6.45) is 1.93. The fourth-order valence-electron chi connectivity index (χ4n) is 2.27. The Morgan fingerprint density at radius 2 is 1.96 bits per heavy atom. The lowest BCUT2D eigenvalue weighted by Crippen LogP contribution is -2.36. The van der Waals surface area contributed by atoms with E-state index in [1.165, 1.54) is 11.8 Å². The van der Waals surface area contributed by atoms with E-state index in [4.69, 9.17) is 0 Å². The van der Waals surface area contributed by atoms with Crippen LogP contribution >= 0.6 is 24.2 Å². The van der Waals surface area contributed by atoms with Gasteiger partial charge in [-0.15, -0.1) is 24.2 Å². The molecule has 1 amide bonds. The molecule has 0 fully saturated rings. The first kappa shape index (κ1) is 20.4. The van der Waals surface area contributed by atoms with E-state index in [2.05, 4.69) is 10.6 Å². The maximum Gasteiger partial charge on any atom is 0.234 e. The van der Waals surface area contributed by atoms with Gasteiger partial charge in [0.2, 0.25) is 5.91 Å². The first-order chi connectivity index (χ1) is 11.0. The molecule has 2 N–H and O–H groups in total. The van der Waals surface area contributed by atoms with Gasteiger partial charge in [0.25, 0.3) is 0 Å². The van der Waals surface area contributed by atoms with E-state index in [1.54, 1.807) is 13.1 Å². The van der Waals surface area contributed by atoms with E-state index in [0.717, 1.165) is 23.1 Å². The Morgan fingerprint density at radius 3 is 2.62 bits per heavy atom. The van der Waals surface area contributed by atoms with E-state index in [-0.39, 0.29) is 30.4 Å². The predicted octanol–water partition coefficient (Wildman–Crippen LogP) is 3.53. The van der Waals surface area contributed by atoms with Crippen molar-refractivity contribution >= 4 is 30.1 Å². The number of hydrogen-bond acceptors (Lipinski definition) is 3. The van der Waals surface area contributed by atoms with Crippen molar-refractivity contribution in [1.29, 1.82) is 0 Å². The second-order valence-electron chi connectivity index (χ2n) is 4.97. The van der Waals surface area contributed by atoms with Crippen LogP contribution in [-0.4, -0.2) is 25.8 Å². The number of carbonyl (C=O) groups is 1. The van der Waals surface area contributed by atoms with Crippen molar-refractivity contribution in [3.8, 4) is 0 Å². The Labute approximate surface area is 150 Å². The highest BCUT2D eigenvalue weighted by Gasteiger charge is 2.21. The van der Waals surface area contributed by atoms with Gasteiger partial charge in [-0.05, 0) is 49.2 Å². The second-order valence-corrected chi connectivity index (χ2v) is 5.85. The SMILES string of the molecule is CNCC(=O)NC(c1cccc(SC)c1)c1cc(F)ccc1F.Cl. The molecule has 130 valence electrons. The van der Waals surface area contributed by atoms with Crippen LogP contribution in [0.3, 0.4) is 0 Å². The molecule has 0 saturated heterocycles. The Balaban J connectivity index is 0.00000288. The second kappa shape index (κ2) is 9.61. The number of halogens is 3. The van der Waals surface area contributed by atoms with Gasteiger partial charge in [-0.2, -0.15) is 0 Å². The molecular formula is C17H19ClF2N2OS. The maximum absolute atomic E-state index is 14.2. The van der Waals surface area contributed by atoms with E-state index in [1.807, 2.05) is 24.5 Å². The molecule has 0 aromatic heterocycles. The molecule has 0 aliphatic carbocycles. The molecule has 24 heavy (non-hydrogen) atoms. The largest absolute Gasteiger partial charge is 0.344 e. The predicted molar refractivity (Wildman–Crippen MR) is 95.7 cm³/mol. The van der Waals surface area contributed by atoms with Gasteiger partial charge in [0.15, 0.2) is 0 Å². The van der Waals surface area contributed by atoms with Crippen molar-refractivity contribution in [1.82, 2.24) is 10.6 Å². The Bertz CT molecular complexity index is 700. The Kier molecular flexibility index (Phi) is 8.18. The first-order valence-electron chi connectivity index (χ1n) is 7.08. The van der Waals surface area contributed by atoms with Crippen LogP contribution in [0.2, 0.25) is 0 Å². The summed E-state index contributed by atoms with van der Waals surface area (Å²) in [6.45, 7) is 0.0929. The van der Waals surface area contributed by atoms with Gasteiger partial charge < -0.3 is 10.6 Å². The highest BCUT2D eigenvalue weighted by molar-refractivity contribution is 7.98. The normalized spacial score (nSPS) is 11.5. The minimum absolute atomic E-state index is 0. The molecule has 0 aliphatic rings. The lowest BCUT2D eigenvalue weighted by atomic mass is 9.98. The van der Waals surface area contributed by atoms with E-state index >= 15 is 0 Å². The molecule has 0 saturated carbocycles. The quantitative estimate of drug-likeness (QED) is 0.762. The molecule has 2 aromatic carbocycles. The molecule has 2 rings (SSSR count). The number of nitrogens with one attached hydrogen (secondary N) is 2. The van der Waals surface area contributed by atoms with Gasteiger partial charge in [-0.25, -0.2) is 8.78 Å². The number of likely N-dealkylation sites (N-methyl/N-ethyl adjacent to an activating group) is 1. The molecule has 0 radical (unpaired) electrons. The van der Waals surface area contributed by atoms with Crippen LogP contribution in [-0.2, 0) is 4.79 Å². The number of thioether (sulfide) groups is 1. The number of rotatable bonds is 6. The van der Waals surface area contributed by atoms with Crippen molar-refractivity contribution in [2.75, 3.05) is 19.8 Å². The summed E-state index contributed by atoms with van der Waals surface area (Å²) in [5.41, 5.74) is 0.804. The fourth-order valence-corrected chi connectivity index (χ4v) is 2.74. The summed E-state index contributed by atoms with van der Waals surface area (Å²) < 4.78 is 27.7. The highest BCUT2D eigenvalue weighted by atomic mass is 35.5. The molecule has 7 heteroatoms. The van der Waals surface area contributed by atoms with Crippen LogP contribution in [0.1, 0.15) is 17.2 Å². The topological polar surface area (TPSA) is 41.1 Å². The van der Waals surface area contributed by atoms with Crippen LogP contribution in [0.25, 0.3) is 0 Å². The molecule has 3 nitrogen and oxygen atoms in total.